The number of methoxy groups -OCH3 is 1. The fourth-order valence-corrected chi connectivity index (χ4v) is 5.39. The number of sulfone groups is 1. The smallest absolute Gasteiger partial charge is 0.169 e. The van der Waals surface area contributed by atoms with E-state index in [0.717, 1.165) is 0 Å². The molecule has 28 heavy (non-hydrogen) atoms. The molecule has 0 bridgehead atoms. The van der Waals surface area contributed by atoms with Crippen LogP contribution in [-0.4, -0.2) is 62.3 Å². The first-order chi connectivity index (χ1) is 13.4. The average molecular weight is 474 g/mol. The summed E-state index contributed by atoms with van der Waals surface area (Å²) in [6, 6.07) is 10.7. The molecule has 154 valence electrons. The molecule has 0 aliphatic carbocycles. The number of aliphatic hydroxyl groups is 1. The van der Waals surface area contributed by atoms with Gasteiger partial charge in [-0.2, -0.15) is 0 Å². The molecular formula is C19H24BrNO6S. The van der Waals surface area contributed by atoms with E-state index in [2.05, 4.69) is 15.9 Å². The Morgan fingerprint density at radius 2 is 2.04 bits per heavy atom. The molecule has 2 heterocycles. The number of halogens is 1. The van der Waals surface area contributed by atoms with Gasteiger partial charge < -0.3 is 19.0 Å². The van der Waals surface area contributed by atoms with E-state index >= 15 is 0 Å². The lowest BCUT2D eigenvalue weighted by molar-refractivity contribution is 0.0488. The fraction of sp³-hybridized carbons (Fsp3) is 0.474. The predicted octanol–water partition coefficient (Wildman–Crippen LogP) is 2.48. The van der Waals surface area contributed by atoms with Crippen molar-refractivity contribution in [3.63, 3.8) is 0 Å². The topological polar surface area (TPSA) is 89.2 Å². The van der Waals surface area contributed by atoms with E-state index in [1.165, 1.54) is 0 Å². The Bertz CT molecular complexity index is 884. The number of benzene rings is 1. The molecular weight excluding hydrogens is 450 g/mol. The summed E-state index contributed by atoms with van der Waals surface area (Å²) >= 11 is 3.28. The maximum Gasteiger partial charge on any atom is 0.169 e. The number of hydrogen-bond acceptors (Lipinski definition) is 7. The van der Waals surface area contributed by atoms with E-state index in [1.807, 2.05) is 23.1 Å². The number of para-hydroxylation sites is 2. The highest BCUT2D eigenvalue weighted by molar-refractivity contribution is 9.10. The lowest BCUT2D eigenvalue weighted by Crippen LogP contribution is -2.42. The maximum absolute atomic E-state index is 11.9. The van der Waals surface area contributed by atoms with Crippen molar-refractivity contribution in [2.24, 2.45) is 0 Å². The first kappa shape index (κ1) is 21.2. The van der Waals surface area contributed by atoms with Gasteiger partial charge in [-0.3, -0.25) is 4.90 Å². The van der Waals surface area contributed by atoms with Crippen LogP contribution in [0.3, 0.4) is 0 Å². The number of furan rings is 1. The summed E-state index contributed by atoms with van der Waals surface area (Å²) in [5.41, 5.74) is 0. The second-order valence-corrected chi connectivity index (χ2v) is 9.82. The number of rotatable bonds is 9. The van der Waals surface area contributed by atoms with Crippen molar-refractivity contribution < 1.29 is 27.4 Å². The van der Waals surface area contributed by atoms with Crippen molar-refractivity contribution in [2.75, 3.05) is 31.8 Å². The van der Waals surface area contributed by atoms with E-state index in [-0.39, 0.29) is 30.7 Å². The van der Waals surface area contributed by atoms with Gasteiger partial charge >= 0.3 is 0 Å². The van der Waals surface area contributed by atoms with Gasteiger partial charge in [0, 0.05) is 12.6 Å². The number of aliphatic hydroxyl groups excluding tert-OH is 1. The molecule has 2 atom stereocenters. The van der Waals surface area contributed by atoms with Crippen molar-refractivity contribution in [3.8, 4) is 11.5 Å². The second-order valence-electron chi connectivity index (χ2n) is 6.81. The molecule has 0 spiro atoms. The van der Waals surface area contributed by atoms with Crippen LogP contribution in [0.4, 0.5) is 0 Å². The van der Waals surface area contributed by atoms with E-state index in [4.69, 9.17) is 13.9 Å². The lowest BCUT2D eigenvalue weighted by atomic mass is 10.2. The summed E-state index contributed by atoms with van der Waals surface area (Å²) in [6.45, 7) is 0.753. The highest BCUT2D eigenvalue weighted by atomic mass is 79.9. The van der Waals surface area contributed by atoms with E-state index in [0.29, 0.717) is 34.9 Å². The van der Waals surface area contributed by atoms with Crippen molar-refractivity contribution in [1.29, 1.82) is 0 Å². The Morgan fingerprint density at radius 1 is 1.29 bits per heavy atom. The van der Waals surface area contributed by atoms with Crippen LogP contribution in [0.25, 0.3) is 0 Å². The molecule has 1 fully saturated rings. The van der Waals surface area contributed by atoms with Crippen LogP contribution in [-0.2, 0) is 16.4 Å². The molecule has 1 N–H and O–H groups in total. The fourth-order valence-electron chi connectivity index (χ4n) is 3.29. The van der Waals surface area contributed by atoms with Crippen molar-refractivity contribution in [2.45, 2.75) is 25.1 Å². The van der Waals surface area contributed by atoms with Crippen molar-refractivity contribution >= 4 is 25.8 Å². The zero-order valence-electron chi connectivity index (χ0n) is 15.6. The van der Waals surface area contributed by atoms with E-state index in [1.54, 1.807) is 25.3 Å². The van der Waals surface area contributed by atoms with Gasteiger partial charge in [0.25, 0.3) is 0 Å². The molecule has 2 aromatic rings. The molecule has 2 unspecified atom stereocenters. The third-order valence-corrected chi connectivity index (χ3v) is 6.83. The van der Waals surface area contributed by atoms with Crippen molar-refractivity contribution in [3.05, 3.63) is 46.8 Å². The van der Waals surface area contributed by atoms with Crippen LogP contribution < -0.4 is 9.47 Å². The zero-order chi connectivity index (χ0) is 20.1. The average Bonchev–Trinajstić information content (AvgIpc) is 3.24. The minimum atomic E-state index is -3.04. The lowest BCUT2D eigenvalue weighted by Gasteiger charge is -2.29. The summed E-state index contributed by atoms with van der Waals surface area (Å²) in [4.78, 5) is 1.95. The third-order valence-electron chi connectivity index (χ3n) is 4.66. The summed E-state index contributed by atoms with van der Waals surface area (Å²) in [5.74, 6) is 2.11. The third kappa shape index (κ3) is 5.73. The van der Waals surface area contributed by atoms with Crippen LogP contribution in [0.2, 0.25) is 0 Å². The second kappa shape index (κ2) is 9.30. The number of hydrogen-bond donors (Lipinski definition) is 1. The summed E-state index contributed by atoms with van der Waals surface area (Å²) in [5, 5.41) is 10.5. The highest BCUT2D eigenvalue weighted by Gasteiger charge is 2.33. The van der Waals surface area contributed by atoms with Gasteiger partial charge in [-0.1, -0.05) is 12.1 Å². The molecule has 9 heteroatoms. The Kier molecular flexibility index (Phi) is 7.03. The minimum Gasteiger partial charge on any atom is -0.493 e. The van der Waals surface area contributed by atoms with Gasteiger partial charge in [-0.05, 0) is 46.6 Å². The first-order valence-corrected chi connectivity index (χ1v) is 11.6. The van der Waals surface area contributed by atoms with Crippen LogP contribution in [0.15, 0.2) is 45.5 Å². The molecule has 0 radical (unpaired) electrons. The normalized spacial score (nSPS) is 19.6. The number of nitrogens with zero attached hydrogens (tertiary/aromatic N) is 1. The Balaban J connectivity index is 1.64. The molecule has 3 rings (SSSR count). The molecule has 0 amide bonds. The maximum atomic E-state index is 11.9. The standard InChI is InChI=1S/C19H24BrNO6S/c1-25-17-4-2-3-5-18(17)26-12-15(22)10-21(11-16-6-7-19(20)27-16)14-8-9-28(23,24)13-14/h2-7,14-15,22H,8-13H2,1H3. The van der Waals surface area contributed by atoms with Crippen LogP contribution in [0, 0.1) is 0 Å². The Hall–Kier alpha value is -1.55. The van der Waals surface area contributed by atoms with Gasteiger partial charge in [-0.15, -0.1) is 0 Å². The molecule has 1 aliphatic rings. The number of ether oxygens (including phenoxy) is 2. The van der Waals surface area contributed by atoms with Gasteiger partial charge in [-0.25, -0.2) is 8.42 Å². The minimum absolute atomic E-state index is 0.0677. The monoisotopic (exact) mass is 473 g/mol. The predicted molar refractivity (Wildman–Crippen MR) is 108 cm³/mol. The summed E-state index contributed by atoms with van der Waals surface area (Å²) in [7, 11) is -1.48. The molecule has 1 aromatic carbocycles. The SMILES string of the molecule is COc1ccccc1OCC(O)CN(Cc1ccc(Br)o1)C1CCS(=O)(=O)C1. The molecule has 0 saturated carbocycles. The quantitative estimate of drug-likeness (QED) is 0.598. The van der Waals surface area contributed by atoms with Gasteiger partial charge in [0.1, 0.15) is 18.5 Å². The summed E-state index contributed by atoms with van der Waals surface area (Å²) < 4.78 is 40.9. The van der Waals surface area contributed by atoms with Crippen LogP contribution >= 0.6 is 15.9 Å². The molecule has 1 saturated heterocycles. The molecule has 1 aromatic heterocycles. The van der Waals surface area contributed by atoms with Gasteiger partial charge in [0.15, 0.2) is 26.0 Å². The Labute approximate surface area is 173 Å². The van der Waals surface area contributed by atoms with Gasteiger partial charge in [0.05, 0.1) is 25.2 Å². The van der Waals surface area contributed by atoms with E-state index < -0.39 is 15.9 Å². The molecule has 1 aliphatic heterocycles. The first-order valence-electron chi connectivity index (χ1n) is 8.99. The zero-order valence-corrected chi connectivity index (χ0v) is 18.0. The van der Waals surface area contributed by atoms with Crippen molar-refractivity contribution in [1.82, 2.24) is 4.90 Å². The van der Waals surface area contributed by atoms with Crippen LogP contribution in [0.5, 0.6) is 11.5 Å². The van der Waals surface area contributed by atoms with Gasteiger partial charge in [0.2, 0.25) is 0 Å². The molecule has 7 nitrogen and oxygen atoms in total. The highest BCUT2D eigenvalue weighted by Crippen LogP contribution is 2.26. The Morgan fingerprint density at radius 3 is 2.64 bits per heavy atom. The largest absolute Gasteiger partial charge is 0.493 e. The summed E-state index contributed by atoms with van der Waals surface area (Å²) in [6.07, 6.45) is -0.253. The van der Waals surface area contributed by atoms with E-state index in [9.17, 15) is 13.5 Å². The van der Waals surface area contributed by atoms with Crippen LogP contribution in [0.1, 0.15) is 12.2 Å².